The number of aliphatic hydroxyl groups excluding tert-OH is 1. The van der Waals surface area contributed by atoms with Crippen LogP contribution in [0.3, 0.4) is 0 Å². The zero-order valence-corrected chi connectivity index (χ0v) is 14.2. The molecule has 1 aliphatic heterocycles. The summed E-state index contributed by atoms with van der Waals surface area (Å²) in [5, 5.41) is 15.1. The highest BCUT2D eigenvalue weighted by molar-refractivity contribution is 6.30. The number of aromatic nitrogens is 2. The Morgan fingerprint density at radius 1 is 1.38 bits per heavy atom. The van der Waals surface area contributed by atoms with Crippen LogP contribution in [0.5, 0.6) is 5.75 Å². The lowest BCUT2D eigenvalue weighted by atomic mass is 10.1. The van der Waals surface area contributed by atoms with E-state index in [2.05, 4.69) is 10.00 Å². The van der Waals surface area contributed by atoms with Gasteiger partial charge in [-0.15, -0.1) is 0 Å². The third-order valence-corrected chi connectivity index (χ3v) is 4.29. The Hall–Kier alpha value is -1.89. The van der Waals surface area contributed by atoms with Gasteiger partial charge < -0.3 is 9.84 Å². The van der Waals surface area contributed by atoms with Crippen molar-refractivity contribution in [3.63, 3.8) is 0 Å². The highest BCUT2D eigenvalue weighted by Crippen LogP contribution is 2.17. The van der Waals surface area contributed by atoms with Crippen molar-refractivity contribution in [1.29, 1.82) is 0 Å². The average Bonchev–Trinajstić information content (AvgIpc) is 2.56. The number of hydrogen-bond donors (Lipinski definition) is 1. The SMILES string of the molecule is Cn1nc2c(cc1=O)CN(CC(O)COc1ccc(Cl)cc1)CC2. The topological polar surface area (TPSA) is 67.6 Å². The lowest BCUT2D eigenvalue weighted by Crippen LogP contribution is -2.40. The fraction of sp³-hybridized carbons (Fsp3) is 0.412. The van der Waals surface area contributed by atoms with Gasteiger partial charge in [0.2, 0.25) is 0 Å². The molecular weight excluding hydrogens is 330 g/mol. The molecule has 0 saturated carbocycles. The van der Waals surface area contributed by atoms with E-state index in [0.29, 0.717) is 23.9 Å². The van der Waals surface area contributed by atoms with Gasteiger partial charge in [-0.3, -0.25) is 9.69 Å². The Labute approximate surface area is 145 Å². The molecule has 2 aromatic rings. The summed E-state index contributed by atoms with van der Waals surface area (Å²) in [6.45, 7) is 2.12. The summed E-state index contributed by atoms with van der Waals surface area (Å²) in [4.78, 5) is 13.8. The van der Waals surface area contributed by atoms with Gasteiger partial charge in [0.05, 0.1) is 5.69 Å². The Bertz CT molecular complexity index is 761. The molecule has 24 heavy (non-hydrogen) atoms. The van der Waals surface area contributed by atoms with Crippen LogP contribution < -0.4 is 10.3 Å². The molecule has 1 aromatic carbocycles. The standard InChI is InChI=1S/C17H20ClN3O3/c1-20-17(23)8-12-9-21(7-6-16(12)19-20)10-14(22)11-24-15-4-2-13(18)3-5-15/h2-5,8,14,22H,6-7,9-11H2,1H3. The number of fused-ring (bicyclic) bond motifs is 1. The van der Waals surface area contributed by atoms with Gasteiger partial charge in [-0.1, -0.05) is 11.6 Å². The first-order valence-electron chi connectivity index (χ1n) is 7.86. The van der Waals surface area contributed by atoms with E-state index in [9.17, 15) is 9.90 Å². The fourth-order valence-electron chi connectivity index (χ4n) is 2.78. The summed E-state index contributed by atoms with van der Waals surface area (Å²) in [6, 6.07) is 8.67. The molecule has 1 N–H and O–H groups in total. The molecule has 0 aliphatic carbocycles. The largest absolute Gasteiger partial charge is 0.491 e. The van der Waals surface area contributed by atoms with E-state index in [1.165, 1.54) is 4.68 Å². The molecule has 1 aromatic heterocycles. The van der Waals surface area contributed by atoms with Gasteiger partial charge in [0.25, 0.3) is 5.56 Å². The predicted octanol–water partition coefficient (Wildman–Crippen LogP) is 1.23. The number of benzene rings is 1. The van der Waals surface area contributed by atoms with Gasteiger partial charge in [0.1, 0.15) is 18.5 Å². The van der Waals surface area contributed by atoms with Crippen molar-refractivity contribution in [2.75, 3.05) is 19.7 Å². The quantitative estimate of drug-likeness (QED) is 0.879. The summed E-state index contributed by atoms with van der Waals surface area (Å²) in [5.74, 6) is 0.676. The molecule has 128 valence electrons. The molecule has 6 nitrogen and oxygen atoms in total. The monoisotopic (exact) mass is 349 g/mol. The van der Waals surface area contributed by atoms with Crippen LogP contribution in [-0.4, -0.2) is 45.6 Å². The van der Waals surface area contributed by atoms with Gasteiger partial charge in [-0.05, 0) is 29.8 Å². The van der Waals surface area contributed by atoms with E-state index in [4.69, 9.17) is 16.3 Å². The zero-order chi connectivity index (χ0) is 17.1. The van der Waals surface area contributed by atoms with Gasteiger partial charge in [0.15, 0.2) is 0 Å². The predicted molar refractivity (Wildman–Crippen MR) is 91.4 cm³/mol. The lowest BCUT2D eigenvalue weighted by Gasteiger charge is -2.29. The molecule has 3 rings (SSSR count). The van der Waals surface area contributed by atoms with Gasteiger partial charge >= 0.3 is 0 Å². The fourth-order valence-corrected chi connectivity index (χ4v) is 2.91. The maximum Gasteiger partial charge on any atom is 0.266 e. The van der Waals surface area contributed by atoms with Gasteiger partial charge in [0, 0.05) is 44.2 Å². The van der Waals surface area contributed by atoms with Crippen LogP contribution in [0.25, 0.3) is 0 Å². The van der Waals surface area contributed by atoms with Crippen LogP contribution in [0.4, 0.5) is 0 Å². The smallest absolute Gasteiger partial charge is 0.266 e. The molecule has 7 heteroatoms. The Balaban J connectivity index is 1.53. The maximum atomic E-state index is 11.7. The van der Waals surface area contributed by atoms with Crippen LogP contribution in [0.1, 0.15) is 11.3 Å². The second kappa shape index (κ2) is 7.34. The molecular formula is C17H20ClN3O3. The number of halogens is 1. The highest BCUT2D eigenvalue weighted by Gasteiger charge is 2.21. The molecule has 0 saturated heterocycles. The summed E-state index contributed by atoms with van der Waals surface area (Å²) in [7, 11) is 1.66. The van der Waals surface area contributed by atoms with E-state index in [1.54, 1.807) is 37.4 Å². The number of hydrogen-bond acceptors (Lipinski definition) is 5. The van der Waals surface area contributed by atoms with Crippen molar-refractivity contribution < 1.29 is 9.84 Å². The number of β-amino-alcohol motifs (C(OH)–C–C–N with tert-alkyl or cyclic N) is 1. The lowest BCUT2D eigenvalue weighted by molar-refractivity contribution is 0.0633. The zero-order valence-electron chi connectivity index (χ0n) is 13.5. The first-order chi connectivity index (χ1) is 11.5. The number of ether oxygens (including phenoxy) is 1. The van der Waals surface area contributed by atoms with Crippen molar-refractivity contribution in [3.05, 3.63) is 57.0 Å². The summed E-state index contributed by atoms with van der Waals surface area (Å²) < 4.78 is 6.93. The first-order valence-corrected chi connectivity index (χ1v) is 8.24. The Morgan fingerprint density at radius 3 is 2.88 bits per heavy atom. The Morgan fingerprint density at radius 2 is 2.12 bits per heavy atom. The Kier molecular flexibility index (Phi) is 5.18. The molecule has 0 amide bonds. The van der Waals surface area contributed by atoms with Crippen molar-refractivity contribution in [3.8, 4) is 5.75 Å². The van der Waals surface area contributed by atoms with E-state index >= 15 is 0 Å². The van der Waals surface area contributed by atoms with E-state index < -0.39 is 6.10 Å². The second-order valence-corrected chi connectivity index (χ2v) is 6.42. The maximum absolute atomic E-state index is 11.7. The average molecular weight is 350 g/mol. The minimum atomic E-state index is -0.610. The van der Waals surface area contributed by atoms with E-state index in [0.717, 1.165) is 24.2 Å². The normalized spacial score (nSPS) is 15.8. The van der Waals surface area contributed by atoms with Crippen LogP contribution in [-0.2, 0) is 20.0 Å². The molecule has 0 fully saturated rings. The first kappa shape index (κ1) is 17.0. The van der Waals surface area contributed by atoms with Crippen molar-refractivity contribution >= 4 is 11.6 Å². The van der Waals surface area contributed by atoms with Crippen LogP contribution >= 0.6 is 11.6 Å². The highest BCUT2D eigenvalue weighted by atomic mass is 35.5. The van der Waals surface area contributed by atoms with Crippen molar-refractivity contribution in [2.45, 2.75) is 19.1 Å². The molecule has 0 radical (unpaired) electrons. The molecule has 2 heterocycles. The summed E-state index contributed by atoms with van der Waals surface area (Å²) in [5.41, 5.74) is 1.79. The number of rotatable bonds is 5. The minimum absolute atomic E-state index is 0.109. The summed E-state index contributed by atoms with van der Waals surface area (Å²) in [6.07, 6.45) is 0.163. The third kappa shape index (κ3) is 4.14. The van der Waals surface area contributed by atoms with Gasteiger partial charge in [-0.2, -0.15) is 5.10 Å². The van der Waals surface area contributed by atoms with Gasteiger partial charge in [-0.25, -0.2) is 4.68 Å². The minimum Gasteiger partial charge on any atom is -0.491 e. The second-order valence-electron chi connectivity index (χ2n) is 5.98. The molecule has 0 bridgehead atoms. The number of aliphatic hydroxyl groups is 1. The van der Waals surface area contributed by atoms with E-state index in [1.807, 2.05) is 0 Å². The van der Waals surface area contributed by atoms with Crippen molar-refractivity contribution in [2.24, 2.45) is 7.05 Å². The van der Waals surface area contributed by atoms with Crippen LogP contribution in [0.15, 0.2) is 35.1 Å². The van der Waals surface area contributed by atoms with Crippen LogP contribution in [0.2, 0.25) is 5.02 Å². The third-order valence-electron chi connectivity index (χ3n) is 4.04. The molecule has 1 aliphatic rings. The van der Waals surface area contributed by atoms with Crippen LogP contribution in [0, 0.1) is 0 Å². The molecule has 1 unspecified atom stereocenters. The van der Waals surface area contributed by atoms with Crippen molar-refractivity contribution in [1.82, 2.24) is 14.7 Å². The molecule has 0 spiro atoms. The summed E-state index contributed by atoms with van der Waals surface area (Å²) >= 11 is 5.82. The van der Waals surface area contributed by atoms with E-state index in [-0.39, 0.29) is 12.2 Å². The number of nitrogens with zero attached hydrogens (tertiary/aromatic N) is 3. The number of aryl methyl sites for hydroxylation is 1. The molecule has 1 atom stereocenters.